The van der Waals surface area contributed by atoms with Crippen LogP contribution in [0.2, 0.25) is 0 Å². The molecule has 1 amide bonds. The van der Waals surface area contributed by atoms with Crippen LogP contribution in [-0.2, 0) is 15.0 Å². The lowest BCUT2D eigenvalue weighted by Crippen LogP contribution is -2.48. The number of hydrogen-bond acceptors (Lipinski definition) is 2. The topological polar surface area (TPSA) is 66.4 Å². The van der Waals surface area contributed by atoms with E-state index in [2.05, 4.69) is 21.2 Å². The molecule has 2 N–H and O–H groups in total. The van der Waals surface area contributed by atoms with Gasteiger partial charge in [0.15, 0.2) is 0 Å². The Labute approximate surface area is 133 Å². The first-order chi connectivity index (χ1) is 9.90. The van der Waals surface area contributed by atoms with Crippen LogP contribution in [-0.4, -0.2) is 23.0 Å². The van der Waals surface area contributed by atoms with E-state index in [0.29, 0.717) is 6.42 Å². The molecule has 1 aliphatic rings. The Morgan fingerprint density at radius 3 is 2.33 bits per heavy atom. The summed E-state index contributed by atoms with van der Waals surface area (Å²) < 4.78 is 0.963. The van der Waals surface area contributed by atoms with Crippen molar-refractivity contribution in [2.24, 2.45) is 5.92 Å². The fourth-order valence-corrected chi connectivity index (χ4v) is 2.77. The maximum Gasteiger partial charge on any atom is 0.326 e. The maximum atomic E-state index is 12.6. The van der Waals surface area contributed by atoms with E-state index in [4.69, 9.17) is 0 Å². The maximum absolute atomic E-state index is 12.6. The van der Waals surface area contributed by atoms with Crippen LogP contribution in [0.3, 0.4) is 0 Å². The third-order valence-corrected chi connectivity index (χ3v) is 4.88. The van der Waals surface area contributed by atoms with Gasteiger partial charge in [0, 0.05) is 4.47 Å². The first kappa shape index (κ1) is 16.0. The highest BCUT2D eigenvalue weighted by molar-refractivity contribution is 9.10. The van der Waals surface area contributed by atoms with Crippen molar-refractivity contribution in [3.63, 3.8) is 0 Å². The van der Waals surface area contributed by atoms with E-state index in [-0.39, 0.29) is 11.8 Å². The van der Waals surface area contributed by atoms with E-state index in [1.54, 1.807) is 0 Å². The molecular weight excluding hydrogens is 334 g/mol. The highest BCUT2D eigenvalue weighted by Gasteiger charge is 2.52. The van der Waals surface area contributed by atoms with Crippen LogP contribution in [0.1, 0.15) is 38.7 Å². The Kier molecular flexibility index (Phi) is 4.71. The van der Waals surface area contributed by atoms with E-state index in [1.165, 1.54) is 0 Å². The minimum atomic E-state index is -0.968. The summed E-state index contributed by atoms with van der Waals surface area (Å²) >= 11 is 3.38. The van der Waals surface area contributed by atoms with Crippen LogP contribution < -0.4 is 5.32 Å². The summed E-state index contributed by atoms with van der Waals surface area (Å²) in [6, 6.07) is 6.85. The molecule has 0 heterocycles. The van der Waals surface area contributed by atoms with Gasteiger partial charge in [-0.15, -0.1) is 0 Å². The normalized spacial score (nSPS) is 18.6. The van der Waals surface area contributed by atoms with Gasteiger partial charge >= 0.3 is 5.97 Å². The number of benzene rings is 1. The van der Waals surface area contributed by atoms with E-state index >= 15 is 0 Å². The third-order valence-electron chi connectivity index (χ3n) is 4.35. The summed E-state index contributed by atoms with van der Waals surface area (Å²) in [5, 5.41) is 12.0. The van der Waals surface area contributed by atoms with Crippen molar-refractivity contribution in [2.75, 3.05) is 0 Å². The van der Waals surface area contributed by atoms with Crippen molar-refractivity contribution in [3.05, 3.63) is 34.3 Å². The van der Waals surface area contributed by atoms with Gasteiger partial charge in [-0.1, -0.05) is 48.3 Å². The fraction of sp³-hybridized carbons (Fsp3) is 0.500. The third kappa shape index (κ3) is 3.28. The van der Waals surface area contributed by atoms with Crippen molar-refractivity contribution in [1.82, 2.24) is 5.32 Å². The average molecular weight is 354 g/mol. The van der Waals surface area contributed by atoms with Crippen LogP contribution in [0.25, 0.3) is 0 Å². The van der Waals surface area contributed by atoms with Gasteiger partial charge in [0.1, 0.15) is 6.04 Å². The summed E-state index contributed by atoms with van der Waals surface area (Å²) in [7, 11) is 0. The molecule has 2 rings (SSSR count). The Morgan fingerprint density at radius 1 is 1.33 bits per heavy atom. The highest BCUT2D eigenvalue weighted by atomic mass is 79.9. The van der Waals surface area contributed by atoms with Crippen LogP contribution in [0, 0.1) is 5.92 Å². The lowest BCUT2D eigenvalue weighted by atomic mass is 9.93. The van der Waals surface area contributed by atoms with Gasteiger partial charge in [-0.2, -0.15) is 0 Å². The first-order valence-corrected chi connectivity index (χ1v) is 8.00. The van der Waals surface area contributed by atoms with Crippen molar-refractivity contribution >= 4 is 27.8 Å². The molecule has 1 fully saturated rings. The first-order valence-electron chi connectivity index (χ1n) is 7.20. The Bertz CT molecular complexity index is 537. The molecule has 0 saturated heterocycles. The van der Waals surface area contributed by atoms with Gasteiger partial charge in [0.05, 0.1) is 5.41 Å². The largest absolute Gasteiger partial charge is 0.480 e. The van der Waals surface area contributed by atoms with E-state index in [0.717, 1.165) is 22.9 Å². The molecule has 1 unspecified atom stereocenters. The molecule has 114 valence electrons. The number of nitrogens with one attached hydrogen (secondary N) is 1. The zero-order chi connectivity index (χ0) is 15.6. The number of halogens is 1. The quantitative estimate of drug-likeness (QED) is 0.825. The van der Waals surface area contributed by atoms with E-state index < -0.39 is 17.4 Å². The van der Waals surface area contributed by atoms with Gasteiger partial charge in [-0.25, -0.2) is 4.79 Å². The number of carboxylic acid groups (broad SMARTS) is 1. The number of amides is 1. The molecule has 0 radical (unpaired) electrons. The zero-order valence-corrected chi connectivity index (χ0v) is 13.8. The average Bonchev–Trinajstić information content (AvgIpc) is 3.25. The van der Waals surface area contributed by atoms with Crippen molar-refractivity contribution in [2.45, 2.75) is 44.6 Å². The summed E-state index contributed by atoms with van der Waals surface area (Å²) in [5.41, 5.74) is 0.415. The monoisotopic (exact) mass is 353 g/mol. The van der Waals surface area contributed by atoms with Gasteiger partial charge in [-0.05, 0) is 36.5 Å². The fourth-order valence-electron chi connectivity index (χ4n) is 2.50. The second kappa shape index (κ2) is 6.18. The van der Waals surface area contributed by atoms with Crippen LogP contribution in [0.4, 0.5) is 0 Å². The molecule has 1 saturated carbocycles. The molecule has 1 aliphatic carbocycles. The Hall–Kier alpha value is -1.36. The van der Waals surface area contributed by atoms with E-state index in [1.807, 2.05) is 38.1 Å². The van der Waals surface area contributed by atoms with Gasteiger partial charge < -0.3 is 10.4 Å². The smallest absolute Gasteiger partial charge is 0.326 e. The molecule has 1 aromatic carbocycles. The molecule has 4 nitrogen and oxygen atoms in total. The molecule has 2 atom stereocenters. The second-order valence-electron chi connectivity index (χ2n) is 5.76. The number of aliphatic carboxylic acids is 1. The second-order valence-corrected chi connectivity index (χ2v) is 6.68. The lowest BCUT2D eigenvalue weighted by Gasteiger charge is -2.23. The van der Waals surface area contributed by atoms with Crippen LogP contribution in [0.15, 0.2) is 28.7 Å². The summed E-state index contributed by atoms with van der Waals surface area (Å²) in [5.74, 6) is -1.23. The van der Waals surface area contributed by atoms with Gasteiger partial charge in [0.25, 0.3) is 0 Å². The van der Waals surface area contributed by atoms with Crippen molar-refractivity contribution in [3.8, 4) is 0 Å². The molecule has 1 aromatic rings. The lowest BCUT2D eigenvalue weighted by molar-refractivity contribution is -0.143. The van der Waals surface area contributed by atoms with Crippen LogP contribution >= 0.6 is 15.9 Å². The van der Waals surface area contributed by atoms with E-state index in [9.17, 15) is 14.7 Å². The zero-order valence-electron chi connectivity index (χ0n) is 12.2. The Morgan fingerprint density at radius 2 is 1.90 bits per heavy atom. The number of rotatable bonds is 6. The SMILES string of the molecule is CCC(C)[C@H](NC(=O)C1(c2ccc(Br)cc2)CC1)C(=O)O. The van der Waals surface area contributed by atoms with Gasteiger partial charge in [-0.3, -0.25) is 4.79 Å². The number of carbonyl (C=O) groups is 2. The minimum Gasteiger partial charge on any atom is -0.480 e. The molecule has 0 aliphatic heterocycles. The van der Waals surface area contributed by atoms with Crippen molar-refractivity contribution in [1.29, 1.82) is 0 Å². The highest BCUT2D eigenvalue weighted by Crippen LogP contribution is 2.48. The van der Waals surface area contributed by atoms with Crippen LogP contribution in [0.5, 0.6) is 0 Å². The molecule has 21 heavy (non-hydrogen) atoms. The standard InChI is InChI=1S/C16H20BrNO3/c1-3-10(2)13(14(19)20)18-15(21)16(8-9-16)11-4-6-12(17)7-5-11/h4-7,10,13H,3,8-9H2,1-2H3,(H,18,21)(H,19,20)/t10?,13-/m0/s1. The molecule has 0 spiro atoms. The molecule has 5 heteroatoms. The van der Waals surface area contributed by atoms with Gasteiger partial charge in [0.2, 0.25) is 5.91 Å². The Balaban J connectivity index is 2.15. The van der Waals surface area contributed by atoms with Crippen molar-refractivity contribution < 1.29 is 14.7 Å². The predicted octanol–water partition coefficient (Wildman–Crippen LogP) is 3.10. The minimum absolute atomic E-state index is 0.0906. The number of carboxylic acids is 1. The molecule has 0 aromatic heterocycles. The molecular formula is C16H20BrNO3. The number of hydrogen-bond donors (Lipinski definition) is 2. The molecule has 0 bridgehead atoms. The number of carbonyl (C=O) groups excluding carboxylic acids is 1. The summed E-state index contributed by atoms with van der Waals surface area (Å²) in [6.45, 7) is 3.77. The summed E-state index contributed by atoms with van der Waals surface area (Å²) in [4.78, 5) is 23.9. The predicted molar refractivity (Wildman–Crippen MR) is 84.1 cm³/mol. The summed E-state index contributed by atoms with van der Waals surface area (Å²) in [6.07, 6.45) is 2.25.